The van der Waals surface area contributed by atoms with Gasteiger partial charge in [-0.15, -0.1) is 12.4 Å². The molecule has 0 fully saturated rings. The summed E-state index contributed by atoms with van der Waals surface area (Å²) in [7, 11) is 0. The van der Waals surface area contributed by atoms with Gasteiger partial charge in [-0.05, 0) is 24.1 Å². The first-order valence-electron chi connectivity index (χ1n) is 7.76. The van der Waals surface area contributed by atoms with E-state index in [9.17, 15) is 0 Å². The normalized spacial score (nSPS) is 10.2. The number of anilines is 2. The van der Waals surface area contributed by atoms with E-state index in [1.807, 2.05) is 42.5 Å². The van der Waals surface area contributed by atoms with Crippen LogP contribution in [0.2, 0.25) is 0 Å². The second-order valence-corrected chi connectivity index (χ2v) is 5.23. The first kappa shape index (κ1) is 18.0. The standard InChI is InChI=1S/C18H20N4O.ClH/c23-13-12-20-18-21-16-9-5-4-8-15(16)17(22-18)19-11-10-14-6-2-1-3-7-14;/h1-9,23H,10-13H2,(H2,19,20,21,22);1H. The van der Waals surface area contributed by atoms with Crippen LogP contribution in [0.4, 0.5) is 11.8 Å². The van der Waals surface area contributed by atoms with Crippen LogP contribution < -0.4 is 10.6 Å². The zero-order valence-corrected chi connectivity index (χ0v) is 14.1. The van der Waals surface area contributed by atoms with Crippen LogP contribution in [0.1, 0.15) is 5.56 Å². The Kier molecular flexibility index (Phi) is 6.78. The fourth-order valence-corrected chi connectivity index (χ4v) is 2.43. The summed E-state index contributed by atoms with van der Waals surface area (Å²) in [6.45, 7) is 1.28. The maximum atomic E-state index is 8.94. The van der Waals surface area contributed by atoms with E-state index in [0.717, 1.165) is 29.7 Å². The van der Waals surface area contributed by atoms with Crippen molar-refractivity contribution in [3.8, 4) is 0 Å². The summed E-state index contributed by atoms with van der Waals surface area (Å²) < 4.78 is 0. The Morgan fingerprint density at radius 3 is 2.38 bits per heavy atom. The molecule has 0 bridgehead atoms. The lowest BCUT2D eigenvalue weighted by atomic mass is 10.1. The Balaban J connectivity index is 0.00000208. The number of hydrogen-bond donors (Lipinski definition) is 3. The van der Waals surface area contributed by atoms with E-state index in [1.54, 1.807) is 0 Å². The average molecular weight is 345 g/mol. The molecule has 0 amide bonds. The first-order valence-corrected chi connectivity index (χ1v) is 7.76. The van der Waals surface area contributed by atoms with Crippen molar-refractivity contribution >= 4 is 35.1 Å². The van der Waals surface area contributed by atoms with Gasteiger partial charge in [-0.1, -0.05) is 42.5 Å². The number of halogens is 1. The number of aliphatic hydroxyl groups is 1. The summed E-state index contributed by atoms with van der Waals surface area (Å²) in [6, 6.07) is 18.3. The van der Waals surface area contributed by atoms with Gasteiger partial charge < -0.3 is 15.7 Å². The maximum absolute atomic E-state index is 8.94. The van der Waals surface area contributed by atoms with E-state index >= 15 is 0 Å². The molecule has 1 aromatic heterocycles. The third-order valence-corrected chi connectivity index (χ3v) is 3.55. The van der Waals surface area contributed by atoms with Crippen molar-refractivity contribution in [1.29, 1.82) is 0 Å². The van der Waals surface area contributed by atoms with Crippen LogP contribution in [0, 0.1) is 0 Å². The maximum Gasteiger partial charge on any atom is 0.225 e. The third-order valence-electron chi connectivity index (χ3n) is 3.55. The Hall–Kier alpha value is -2.37. The Bertz CT molecular complexity index is 767. The van der Waals surface area contributed by atoms with Crippen molar-refractivity contribution in [2.45, 2.75) is 6.42 Å². The number of benzene rings is 2. The minimum absolute atomic E-state index is 0. The van der Waals surface area contributed by atoms with Gasteiger partial charge in [0.15, 0.2) is 0 Å². The van der Waals surface area contributed by atoms with Crippen molar-refractivity contribution in [3.05, 3.63) is 60.2 Å². The number of rotatable bonds is 7. The summed E-state index contributed by atoms with van der Waals surface area (Å²) in [5, 5.41) is 16.4. The fraction of sp³-hybridized carbons (Fsp3) is 0.222. The van der Waals surface area contributed by atoms with E-state index in [-0.39, 0.29) is 19.0 Å². The van der Waals surface area contributed by atoms with Crippen LogP contribution in [0.5, 0.6) is 0 Å². The summed E-state index contributed by atoms with van der Waals surface area (Å²) in [6.07, 6.45) is 0.929. The SMILES string of the molecule is Cl.OCCNc1nc(NCCc2ccccc2)c2ccccc2n1. The van der Waals surface area contributed by atoms with E-state index in [1.165, 1.54) is 5.56 Å². The van der Waals surface area contributed by atoms with Crippen molar-refractivity contribution in [2.75, 3.05) is 30.3 Å². The van der Waals surface area contributed by atoms with Gasteiger partial charge in [0.2, 0.25) is 5.95 Å². The van der Waals surface area contributed by atoms with Crippen molar-refractivity contribution < 1.29 is 5.11 Å². The molecule has 3 aromatic rings. The largest absolute Gasteiger partial charge is 0.395 e. The van der Waals surface area contributed by atoms with E-state index in [2.05, 4.69) is 32.7 Å². The highest BCUT2D eigenvalue weighted by atomic mass is 35.5. The Morgan fingerprint density at radius 2 is 1.58 bits per heavy atom. The predicted octanol–water partition coefficient (Wildman–Crippen LogP) is 3.11. The summed E-state index contributed by atoms with van der Waals surface area (Å²) >= 11 is 0. The lowest BCUT2D eigenvalue weighted by Crippen LogP contribution is -2.12. The summed E-state index contributed by atoms with van der Waals surface area (Å²) in [5.74, 6) is 1.34. The quantitative estimate of drug-likeness (QED) is 0.614. The molecule has 0 atom stereocenters. The highest BCUT2D eigenvalue weighted by Crippen LogP contribution is 2.21. The van der Waals surface area contributed by atoms with Gasteiger partial charge >= 0.3 is 0 Å². The molecule has 0 unspecified atom stereocenters. The topological polar surface area (TPSA) is 70.1 Å². The van der Waals surface area contributed by atoms with Gasteiger partial charge in [0.25, 0.3) is 0 Å². The molecule has 126 valence electrons. The number of para-hydroxylation sites is 1. The zero-order valence-electron chi connectivity index (χ0n) is 13.3. The van der Waals surface area contributed by atoms with Crippen molar-refractivity contribution in [3.63, 3.8) is 0 Å². The number of hydrogen-bond acceptors (Lipinski definition) is 5. The Morgan fingerprint density at radius 1 is 0.833 bits per heavy atom. The van der Waals surface area contributed by atoms with Gasteiger partial charge in [0, 0.05) is 18.5 Å². The molecule has 24 heavy (non-hydrogen) atoms. The Labute approximate surface area is 147 Å². The lowest BCUT2D eigenvalue weighted by molar-refractivity contribution is 0.311. The molecule has 6 heteroatoms. The molecule has 0 spiro atoms. The molecule has 0 aliphatic heterocycles. The van der Waals surface area contributed by atoms with Crippen molar-refractivity contribution in [2.24, 2.45) is 0 Å². The van der Waals surface area contributed by atoms with Crippen LogP contribution in [0.15, 0.2) is 54.6 Å². The minimum Gasteiger partial charge on any atom is -0.395 e. The molecule has 1 heterocycles. The molecule has 0 saturated heterocycles. The van der Waals surface area contributed by atoms with Gasteiger partial charge in [-0.3, -0.25) is 0 Å². The van der Waals surface area contributed by atoms with Crippen LogP contribution in [0.25, 0.3) is 10.9 Å². The van der Waals surface area contributed by atoms with Crippen LogP contribution in [-0.4, -0.2) is 34.8 Å². The van der Waals surface area contributed by atoms with E-state index in [0.29, 0.717) is 12.5 Å². The van der Waals surface area contributed by atoms with Gasteiger partial charge in [-0.25, -0.2) is 4.98 Å². The highest BCUT2D eigenvalue weighted by molar-refractivity contribution is 5.90. The first-order chi connectivity index (χ1) is 11.4. The van der Waals surface area contributed by atoms with E-state index < -0.39 is 0 Å². The molecule has 0 radical (unpaired) electrons. The summed E-state index contributed by atoms with van der Waals surface area (Å²) in [5.41, 5.74) is 2.17. The van der Waals surface area contributed by atoms with Gasteiger partial charge in [0.1, 0.15) is 5.82 Å². The molecule has 3 rings (SSSR count). The van der Waals surface area contributed by atoms with Crippen molar-refractivity contribution in [1.82, 2.24) is 9.97 Å². The monoisotopic (exact) mass is 344 g/mol. The molecular formula is C18H21ClN4O. The smallest absolute Gasteiger partial charge is 0.225 e. The molecular weight excluding hydrogens is 324 g/mol. The molecule has 0 aliphatic carbocycles. The number of aliphatic hydroxyl groups excluding tert-OH is 1. The highest BCUT2D eigenvalue weighted by Gasteiger charge is 2.06. The second-order valence-electron chi connectivity index (χ2n) is 5.23. The van der Waals surface area contributed by atoms with Crippen LogP contribution in [0.3, 0.4) is 0 Å². The second kappa shape index (κ2) is 9.05. The fourth-order valence-electron chi connectivity index (χ4n) is 2.43. The van der Waals surface area contributed by atoms with Crippen LogP contribution in [-0.2, 0) is 6.42 Å². The average Bonchev–Trinajstić information content (AvgIpc) is 2.61. The lowest BCUT2D eigenvalue weighted by Gasteiger charge is -2.11. The molecule has 3 N–H and O–H groups in total. The zero-order chi connectivity index (χ0) is 15.9. The predicted molar refractivity (Wildman–Crippen MR) is 101 cm³/mol. The number of fused-ring (bicyclic) bond motifs is 1. The minimum atomic E-state index is 0. The number of nitrogens with zero attached hydrogens (tertiary/aromatic N) is 2. The molecule has 2 aromatic carbocycles. The number of aromatic nitrogens is 2. The van der Waals surface area contributed by atoms with Gasteiger partial charge in [-0.2, -0.15) is 4.98 Å². The van der Waals surface area contributed by atoms with E-state index in [4.69, 9.17) is 5.11 Å². The molecule has 0 saturated carbocycles. The van der Waals surface area contributed by atoms with Gasteiger partial charge in [0.05, 0.1) is 12.1 Å². The molecule has 0 aliphatic rings. The third kappa shape index (κ3) is 4.57. The summed E-state index contributed by atoms with van der Waals surface area (Å²) in [4.78, 5) is 8.99. The van der Waals surface area contributed by atoms with Crippen LogP contribution >= 0.6 is 12.4 Å². The number of nitrogens with one attached hydrogen (secondary N) is 2. The molecule has 5 nitrogen and oxygen atoms in total.